The maximum Gasteiger partial charge on any atom is 0.327 e. The topological polar surface area (TPSA) is 63.6 Å². The molecule has 80 valence electrons. The molecular weight excluding hydrogens is 212 g/mol. The fraction of sp³-hybridized carbons (Fsp3) is 0.444. The van der Waals surface area contributed by atoms with E-state index in [1.807, 2.05) is 0 Å². The molecule has 0 aliphatic carbocycles. The third kappa shape index (κ3) is 1.90. The first-order valence-corrected chi connectivity index (χ1v) is 5.75. The molecule has 0 aliphatic rings. The molecule has 0 amide bonds. The number of H-pyrrole nitrogens is 1. The normalized spacial score (nSPS) is 11.1. The predicted molar refractivity (Wildman–Crippen MR) is 60.1 cm³/mol. The van der Waals surface area contributed by atoms with Gasteiger partial charge in [-0.05, 0) is 6.42 Å². The number of thioether (sulfide) groups is 1. The standard InChI is InChI=1S/C9H12N4OS/c1-3-4-15-8-10-5-6-7(11-8)12-9(14)13(6)2/h5H,3-4H2,1-2H3,(H,10,11,12,14). The highest BCUT2D eigenvalue weighted by Gasteiger charge is 2.06. The Bertz CT molecular complexity index is 530. The number of hydrogen-bond acceptors (Lipinski definition) is 4. The van der Waals surface area contributed by atoms with Gasteiger partial charge in [-0.15, -0.1) is 0 Å². The van der Waals surface area contributed by atoms with Crippen LogP contribution in [0.4, 0.5) is 0 Å². The zero-order valence-corrected chi connectivity index (χ0v) is 9.47. The summed E-state index contributed by atoms with van der Waals surface area (Å²) >= 11 is 1.60. The van der Waals surface area contributed by atoms with Crippen LogP contribution in [0.25, 0.3) is 11.2 Å². The van der Waals surface area contributed by atoms with Crippen molar-refractivity contribution in [1.82, 2.24) is 19.5 Å². The van der Waals surface area contributed by atoms with Gasteiger partial charge in [0.2, 0.25) is 0 Å². The number of nitrogens with one attached hydrogen (secondary N) is 1. The van der Waals surface area contributed by atoms with Crippen LogP contribution in [0.15, 0.2) is 16.1 Å². The van der Waals surface area contributed by atoms with E-state index in [1.54, 1.807) is 25.0 Å². The zero-order valence-electron chi connectivity index (χ0n) is 8.65. The van der Waals surface area contributed by atoms with Gasteiger partial charge in [0.1, 0.15) is 5.52 Å². The summed E-state index contributed by atoms with van der Waals surface area (Å²) in [6, 6.07) is 0. The molecular formula is C9H12N4OS. The first kappa shape index (κ1) is 10.2. The molecule has 6 heteroatoms. The van der Waals surface area contributed by atoms with Crippen LogP contribution in [0.3, 0.4) is 0 Å². The third-order valence-corrected chi connectivity index (χ3v) is 3.14. The van der Waals surface area contributed by atoms with Crippen molar-refractivity contribution >= 4 is 22.9 Å². The number of nitrogens with zero attached hydrogens (tertiary/aromatic N) is 3. The molecule has 1 N–H and O–H groups in total. The van der Waals surface area contributed by atoms with E-state index < -0.39 is 0 Å². The van der Waals surface area contributed by atoms with E-state index in [0.717, 1.165) is 17.7 Å². The SMILES string of the molecule is CCCSc1ncc2c(n1)[nH]c(=O)n2C. The summed E-state index contributed by atoms with van der Waals surface area (Å²) in [4.78, 5) is 22.4. The predicted octanol–water partition coefficient (Wildman–Crippen LogP) is 1.16. The number of aromatic amines is 1. The molecule has 2 aromatic heterocycles. The van der Waals surface area contributed by atoms with E-state index in [9.17, 15) is 4.79 Å². The number of hydrogen-bond donors (Lipinski definition) is 1. The van der Waals surface area contributed by atoms with Crippen LogP contribution in [0, 0.1) is 0 Å². The molecule has 0 saturated carbocycles. The van der Waals surface area contributed by atoms with Crippen molar-refractivity contribution in [2.75, 3.05) is 5.75 Å². The van der Waals surface area contributed by atoms with Gasteiger partial charge in [0.05, 0.1) is 6.20 Å². The first-order valence-electron chi connectivity index (χ1n) is 4.77. The van der Waals surface area contributed by atoms with Gasteiger partial charge in [0, 0.05) is 12.8 Å². The van der Waals surface area contributed by atoms with E-state index >= 15 is 0 Å². The maximum absolute atomic E-state index is 11.3. The smallest absolute Gasteiger partial charge is 0.292 e. The quantitative estimate of drug-likeness (QED) is 0.627. The highest BCUT2D eigenvalue weighted by molar-refractivity contribution is 7.99. The number of imidazole rings is 1. The number of aromatic nitrogens is 4. The van der Waals surface area contributed by atoms with E-state index in [-0.39, 0.29) is 5.69 Å². The van der Waals surface area contributed by atoms with Crippen LogP contribution in [-0.4, -0.2) is 25.3 Å². The summed E-state index contributed by atoms with van der Waals surface area (Å²) in [6.07, 6.45) is 2.76. The Morgan fingerprint density at radius 1 is 1.60 bits per heavy atom. The summed E-state index contributed by atoms with van der Waals surface area (Å²) in [6.45, 7) is 2.11. The van der Waals surface area contributed by atoms with Gasteiger partial charge in [-0.25, -0.2) is 14.8 Å². The van der Waals surface area contributed by atoms with Crippen molar-refractivity contribution in [2.45, 2.75) is 18.5 Å². The van der Waals surface area contributed by atoms with Gasteiger partial charge in [-0.2, -0.15) is 0 Å². The maximum atomic E-state index is 11.3. The molecule has 0 aliphatic heterocycles. The van der Waals surface area contributed by atoms with E-state index in [1.165, 1.54) is 4.57 Å². The second-order valence-corrected chi connectivity index (χ2v) is 4.29. The van der Waals surface area contributed by atoms with Crippen LogP contribution in [0.2, 0.25) is 0 Å². The molecule has 2 heterocycles. The van der Waals surface area contributed by atoms with Crippen molar-refractivity contribution in [3.8, 4) is 0 Å². The molecule has 0 atom stereocenters. The van der Waals surface area contributed by atoms with E-state index in [0.29, 0.717) is 10.8 Å². The number of fused-ring (bicyclic) bond motifs is 1. The van der Waals surface area contributed by atoms with E-state index in [4.69, 9.17) is 0 Å². The van der Waals surface area contributed by atoms with Gasteiger partial charge in [0.15, 0.2) is 10.8 Å². The number of rotatable bonds is 3. The molecule has 0 unspecified atom stereocenters. The molecule has 5 nitrogen and oxygen atoms in total. The lowest BCUT2D eigenvalue weighted by atomic mass is 10.5. The van der Waals surface area contributed by atoms with Gasteiger partial charge >= 0.3 is 5.69 Å². The second-order valence-electron chi connectivity index (χ2n) is 3.22. The Labute approximate surface area is 90.9 Å². The van der Waals surface area contributed by atoms with Gasteiger partial charge in [-0.3, -0.25) is 9.55 Å². The van der Waals surface area contributed by atoms with Gasteiger partial charge in [-0.1, -0.05) is 18.7 Å². The zero-order chi connectivity index (χ0) is 10.8. The largest absolute Gasteiger partial charge is 0.327 e. The molecule has 2 aromatic rings. The molecule has 0 spiro atoms. The lowest BCUT2D eigenvalue weighted by Gasteiger charge is -1.97. The van der Waals surface area contributed by atoms with Crippen LogP contribution >= 0.6 is 11.8 Å². The Balaban J connectivity index is 2.43. The van der Waals surface area contributed by atoms with Crippen molar-refractivity contribution in [1.29, 1.82) is 0 Å². The minimum atomic E-state index is -0.156. The summed E-state index contributed by atoms with van der Waals surface area (Å²) in [5.74, 6) is 0.989. The Kier molecular flexibility index (Phi) is 2.77. The minimum absolute atomic E-state index is 0.156. The summed E-state index contributed by atoms with van der Waals surface area (Å²) in [5, 5.41) is 0.714. The Hall–Kier alpha value is -1.30. The van der Waals surface area contributed by atoms with Crippen molar-refractivity contribution in [3.63, 3.8) is 0 Å². The van der Waals surface area contributed by atoms with Crippen LogP contribution in [0.1, 0.15) is 13.3 Å². The average molecular weight is 224 g/mol. The Morgan fingerprint density at radius 3 is 3.13 bits per heavy atom. The second kappa shape index (κ2) is 4.06. The van der Waals surface area contributed by atoms with E-state index in [2.05, 4.69) is 21.9 Å². The van der Waals surface area contributed by atoms with Gasteiger partial charge in [0.25, 0.3) is 0 Å². The van der Waals surface area contributed by atoms with Crippen molar-refractivity contribution < 1.29 is 0 Å². The Morgan fingerprint density at radius 2 is 2.40 bits per heavy atom. The lowest BCUT2D eigenvalue weighted by Crippen LogP contribution is -2.11. The first-order chi connectivity index (χ1) is 7.22. The van der Waals surface area contributed by atoms with Crippen molar-refractivity contribution in [2.24, 2.45) is 7.05 Å². The fourth-order valence-corrected chi connectivity index (χ4v) is 1.92. The van der Waals surface area contributed by atoms with Crippen LogP contribution in [0.5, 0.6) is 0 Å². The molecule has 0 saturated heterocycles. The monoisotopic (exact) mass is 224 g/mol. The van der Waals surface area contributed by atoms with Crippen LogP contribution in [-0.2, 0) is 7.05 Å². The van der Waals surface area contributed by atoms with Crippen molar-refractivity contribution in [3.05, 3.63) is 16.7 Å². The summed E-state index contributed by atoms with van der Waals surface area (Å²) < 4.78 is 1.50. The molecule has 0 aromatic carbocycles. The third-order valence-electron chi connectivity index (χ3n) is 2.07. The number of aryl methyl sites for hydroxylation is 1. The molecule has 2 rings (SSSR count). The fourth-order valence-electron chi connectivity index (χ4n) is 1.25. The van der Waals surface area contributed by atoms with Crippen LogP contribution < -0.4 is 5.69 Å². The molecule has 0 fully saturated rings. The van der Waals surface area contributed by atoms with Gasteiger partial charge < -0.3 is 0 Å². The average Bonchev–Trinajstić information content (AvgIpc) is 2.52. The highest BCUT2D eigenvalue weighted by Crippen LogP contribution is 2.15. The molecule has 15 heavy (non-hydrogen) atoms. The molecule has 0 bridgehead atoms. The minimum Gasteiger partial charge on any atom is -0.292 e. The highest BCUT2D eigenvalue weighted by atomic mass is 32.2. The molecule has 0 radical (unpaired) electrons. The summed E-state index contributed by atoms with van der Waals surface area (Å²) in [7, 11) is 1.70. The summed E-state index contributed by atoms with van der Waals surface area (Å²) in [5.41, 5.74) is 1.19. The lowest BCUT2D eigenvalue weighted by molar-refractivity contribution is 0.888.